The number of likely N-dealkylation sites (tertiary alicyclic amines) is 1. The number of hydrogen-bond acceptors (Lipinski definition) is 4. The molecule has 0 saturated carbocycles. The van der Waals surface area contributed by atoms with E-state index in [1.807, 2.05) is 11.9 Å². The van der Waals surface area contributed by atoms with Crippen LogP contribution in [0.2, 0.25) is 5.02 Å². The molecule has 0 aromatic heterocycles. The Morgan fingerprint density at radius 1 is 1.00 bits per heavy atom. The van der Waals surface area contributed by atoms with Gasteiger partial charge < -0.3 is 20.6 Å². The van der Waals surface area contributed by atoms with E-state index in [9.17, 15) is 22.8 Å². The van der Waals surface area contributed by atoms with E-state index in [4.69, 9.17) is 16.7 Å². The summed E-state index contributed by atoms with van der Waals surface area (Å²) in [6.07, 6.45) is 2.69. The van der Waals surface area contributed by atoms with Crippen LogP contribution in [0.5, 0.6) is 0 Å². The Hall–Kier alpha value is -2.62. The highest BCUT2D eigenvalue weighted by atomic mass is 35.5. The number of rotatable bonds is 9. The first kappa shape index (κ1) is 33.4. The molecule has 2 atom stereocenters. The number of amides is 2. The number of unbranched alkanes of at least 4 members (excludes halogenated alkanes) is 1. The average molecular weight is 558 g/mol. The van der Waals surface area contributed by atoms with Gasteiger partial charge in [-0.3, -0.25) is 9.59 Å². The third-order valence-corrected chi connectivity index (χ3v) is 5.69. The Bertz CT molecular complexity index is 1030. The van der Waals surface area contributed by atoms with Crippen molar-refractivity contribution in [1.82, 2.24) is 10.2 Å². The summed E-state index contributed by atoms with van der Waals surface area (Å²) in [7, 11) is 1.86. The molecule has 1 saturated heterocycles. The molecule has 3 N–H and O–H groups in total. The van der Waals surface area contributed by atoms with E-state index in [0.29, 0.717) is 49.0 Å². The number of halogens is 4. The van der Waals surface area contributed by atoms with Crippen molar-refractivity contribution in [3.8, 4) is 0 Å². The summed E-state index contributed by atoms with van der Waals surface area (Å²) in [5.41, 5.74) is 1.53. The van der Waals surface area contributed by atoms with E-state index >= 15 is 0 Å². The molecule has 10 heteroatoms. The van der Waals surface area contributed by atoms with Gasteiger partial charge >= 0.3 is 0 Å². The number of aliphatic hydroxyl groups is 1. The van der Waals surface area contributed by atoms with Gasteiger partial charge in [0, 0.05) is 49.8 Å². The van der Waals surface area contributed by atoms with E-state index in [2.05, 4.69) is 38.3 Å². The maximum Gasteiger partial charge on any atom is 0.211 e. The number of hydrogen-bond donors (Lipinski definition) is 3. The summed E-state index contributed by atoms with van der Waals surface area (Å²) in [5.74, 6) is -3.20. The number of anilines is 1. The lowest BCUT2D eigenvalue weighted by molar-refractivity contribution is -0.109. The topological polar surface area (TPSA) is 81.7 Å². The largest absolute Gasteiger partial charge is 0.396 e. The molecule has 1 heterocycles. The molecule has 1 aliphatic rings. The number of carbonyl (C=O) groups is 2. The van der Waals surface area contributed by atoms with Crippen molar-refractivity contribution in [3.05, 3.63) is 63.9 Å². The standard InChI is InChI=1S/C18H16ClF3N2O.C5H11NO2.C5H12/c1-24-7-12(10-3-2-4-14(19)18(10)22)13(8-24)11-5-15(20)16(21)6-17(11)23-9-25;7-4-2-1-3-6-5-8;1-5(2,3)4/h2-6,9,12-13H,7-8H2,1H3,(H,23,25);5,7H,1-4H2,(H,6,8);1-4H3. The molecule has 2 amide bonds. The zero-order chi connectivity index (χ0) is 28.9. The maximum absolute atomic E-state index is 14.5. The van der Waals surface area contributed by atoms with Crippen LogP contribution in [0, 0.1) is 22.9 Å². The van der Waals surface area contributed by atoms with E-state index in [1.165, 1.54) is 6.07 Å². The molecule has 0 bridgehead atoms. The van der Waals surface area contributed by atoms with Crippen LogP contribution in [-0.4, -0.2) is 56.1 Å². The highest BCUT2D eigenvalue weighted by Gasteiger charge is 2.36. The molecule has 1 aliphatic heterocycles. The first-order valence-corrected chi connectivity index (χ1v) is 12.8. The van der Waals surface area contributed by atoms with Crippen LogP contribution in [0.15, 0.2) is 30.3 Å². The number of likely N-dealkylation sites (N-methyl/N-ethyl adjacent to an activating group) is 1. The Labute approximate surface area is 228 Å². The van der Waals surface area contributed by atoms with Gasteiger partial charge in [-0.15, -0.1) is 0 Å². The van der Waals surface area contributed by atoms with Gasteiger partial charge in [-0.1, -0.05) is 51.4 Å². The van der Waals surface area contributed by atoms with Crippen molar-refractivity contribution < 1.29 is 27.9 Å². The number of nitrogens with zero attached hydrogens (tertiary/aromatic N) is 1. The first-order chi connectivity index (χ1) is 17.8. The Morgan fingerprint density at radius 2 is 1.58 bits per heavy atom. The van der Waals surface area contributed by atoms with Crippen molar-refractivity contribution in [2.75, 3.05) is 38.6 Å². The van der Waals surface area contributed by atoms with Gasteiger partial charge in [-0.25, -0.2) is 13.2 Å². The lowest BCUT2D eigenvalue weighted by Gasteiger charge is -2.22. The molecule has 6 nitrogen and oxygen atoms in total. The third kappa shape index (κ3) is 11.4. The Kier molecular flexibility index (Phi) is 14.4. The fraction of sp³-hybridized carbons (Fsp3) is 0.500. The minimum atomic E-state index is -1.05. The quantitative estimate of drug-likeness (QED) is 0.273. The van der Waals surface area contributed by atoms with Crippen molar-refractivity contribution in [2.24, 2.45) is 5.41 Å². The molecule has 38 heavy (non-hydrogen) atoms. The molecule has 0 spiro atoms. The second-order valence-electron chi connectivity index (χ2n) is 10.7. The zero-order valence-electron chi connectivity index (χ0n) is 22.7. The number of aliphatic hydroxyl groups excluding tert-OH is 1. The van der Waals surface area contributed by atoms with E-state index in [-0.39, 0.29) is 29.2 Å². The minimum absolute atomic E-state index is 0.0160. The van der Waals surface area contributed by atoms with Gasteiger partial charge in [-0.2, -0.15) is 0 Å². The lowest BCUT2D eigenvalue weighted by Crippen LogP contribution is -2.14. The maximum atomic E-state index is 14.5. The predicted molar refractivity (Wildman–Crippen MR) is 146 cm³/mol. The molecular weight excluding hydrogens is 519 g/mol. The molecule has 0 radical (unpaired) electrons. The number of benzene rings is 2. The average Bonchev–Trinajstić information content (AvgIpc) is 3.21. The monoisotopic (exact) mass is 557 g/mol. The summed E-state index contributed by atoms with van der Waals surface area (Å²) >= 11 is 5.89. The van der Waals surface area contributed by atoms with Crippen molar-refractivity contribution in [1.29, 1.82) is 0 Å². The van der Waals surface area contributed by atoms with Crippen LogP contribution in [0.25, 0.3) is 0 Å². The van der Waals surface area contributed by atoms with E-state index in [0.717, 1.165) is 25.0 Å². The molecule has 2 aromatic rings. The summed E-state index contributed by atoms with van der Waals surface area (Å²) in [4.78, 5) is 22.4. The highest BCUT2D eigenvalue weighted by molar-refractivity contribution is 6.30. The van der Waals surface area contributed by atoms with Gasteiger partial charge in [0.2, 0.25) is 12.8 Å². The summed E-state index contributed by atoms with van der Waals surface area (Å²) in [6.45, 7) is 10.7. The second kappa shape index (κ2) is 16.4. The van der Waals surface area contributed by atoms with Crippen LogP contribution in [-0.2, 0) is 9.59 Å². The molecule has 212 valence electrons. The highest BCUT2D eigenvalue weighted by Crippen LogP contribution is 2.43. The van der Waals surface area contributed by atoms with Crippen LogP contribution in [0.1, 0.15) is 63.5 Å². The minimum Gasteiger partial charge on any atom is -0.396 e. The molecule has 2 aromatic carbocycles. The molecular formula is C28H39ClF3N3O3. The van der Waals surface area contributed by atoms with Gasteiger partial charge in [0.15, 0.2) is 11.6 Å². The third-order valence-electron chi connectivity index (χ3n) is 5.40. The van der Waals surface area contributed by atoms with Crippen LogP contribution in [0.3, 0.4) is 0 Å². The van der Waals surface area contributed by atoms with E-state index in [1.54, 1.807) is 12.1 Å². The van der Waals surface area contributed by atoms with Gasteiger partial charge in [0.05, 0.1) is 5.02 Å². The van der Waals surface area contributed by atoms with E-state index < -0.39 is 17.5 Å². The lowest BCUT2D eigenvalue weighted by atomic mass is 9.83. The van der Waals surface area contributed by atoms with Crippen molar-refractivity contribution in [3.63, 3.8) is 0 Å². The predicted octanol–water partition coefficient (Wildman–Crippen LogP) is 5.70. The summed E-state index contributed by atoms with van der Waals surface area (Å²) < 4.78 is 41.9. The summed E-state index contributed by atoms with van der Waals surface area (Å²) in [6, 6.07) is 6.78. The number of nitrogens with one attached hydrogen (secondary N) is 2. The Morgan fingerprint density at radius 3 is 2.13 bits per heavy atom. The van der Waals surface area contributed by atoms with Crippen molar-refractivity contribution >= 4 is 30.1 Å². The van der Waals surface area contributed by atoms with Crippen LogP contribution < -0.4 is 10.6 Å². The molecule has 3 rings (SSSR count). The molecule has 1 fully saturated rings. The van der Waals surface area contributed by atoms with Gasteiger partial charge in [0.25, 0.3) is 0 Å². The zero-order valence-corrected chi connectivity index (χ0v) is 23.4. The fourth-order valence-electron chi connectivity index (χ4n) is 3.89. The fourth-order valence-corrected chi connectivity index (χ4v) is 4.07. The molecule has 0 aliphatic carbocycles. The first-order valence-electron chi connectivity index (χ1n) is 12.4. The smallest absolute Gasteiger partial charge is 0.211 e. The normalized spacial score (nSPS) is 17.0. The Balaban J connectivity index is 0.000000462. The van der Waals surface area contributed by atoms with Gasteiger partial charge in [0.1, 0.15) is 5.82 Å². The SMILES string of the molecule is CC(C)(C)C.CN1CC(c2cc(F)c(F)cc2NC=O)C(c2cccc(Cl)c2F)C1.O=CNCCCCO. The second-order valence-corrected chi connectivity index (χ2v) is 11.1. The van der Waals surface area contributed by atoms with Crippen LogP contribution >= 0.6 is 11.6 Å². The summed E-state index contributed by atoms with van der Waals surface area (Å²) in [5, 5.41) is 13.2. The van der Waals surface area contributed by atoms with Crippen LogP contribution in [0.4, 0.5) is 18.9 Å². The van der Waals surface area contributed by atoms with Gasteiger partial charge in [-0.05, 0) is 48.6 Å². The van der Waals surface area contributed by atoms with Crippen molar-refractivity contribution in [2.45, 2.75) is 52.4 Å². The molecule has 2 unspecified atom stereocenters. The number of carbonyl (C=O) groups excluding carboxylic acids is 2.